The third-order valence-corrected chi connectivity index (χ3v) is 9.39. The summed E-state index contributed by atoms with van der Waals surface area (Å²) in [5.74, 6) is 0. The van der Waals surface area contributed by atoms with Crippen molar-refractivity contribution in [3.63, 3.8) is 0 Å². The second-order valence-corrected chi connectivity index (χ2v) is 12.9. The van der Waals surface area contributed by atoms with Gasteiger partial charge in [0.05, 0.1) is 16.1 Å². The van der Waals surface area contributed by atoms with Crippen molar-refractivity contribution in [3.8, 4) is 0 Å². The van der Waals surface area contributed by atoms with Gasteiger partial charge in [-0.2, -0.15) is 17.5 Å². The van der Waals surface area contributed by atoms with Crippen molar-refractivity contribution in [1.82, 2.24) is 9.03 Å². The molecular formula is C23H20Cl2F3N3O4S2. The fraction of sp³-hybridized carbons (Fsp3) is 0.217. The molecule has 1 unspecified atom stereocenters. The zero-order valence-corrected chi connectivity index (χ0v) is 21.9. The molecule has 4 rings (SSSR count). The van der Waals surface area contributed by atoms with E-state index < -0.39 is 58.3 Å². The first kappa shape index (κ1) is 27.7. The summed E-state index contributed by atoms with van der Waals surface area (Å²) in [6.45, 7) is -0.517. The van der Waals surface area contributed by atoms with Gasteiger partial charge in [-0.15, -0.1) is 23.2 Å². The highest BCUT2D eigenvalue weighted by atomic mass is 35.5. The summed E-state index contributed by atoms with van der Waals surface area (Å²) in [5.41, 5.74) is -0.945. The molecule has 7 nitrogen and oxygen atoms in total. The molecule has 1 aliphatic heterocycles. The molecular weight excluding hydrogens is 574 g/mol. The smallest absolute Gasteiger partial charge is 0.365 e. The number of nitrogens with one attached hydrogen (secondary N) is 2. The molecule has 1 atom stereocenters. The Morgan fingerprint density at radius 1 is 0.973 bits per heavy atom. The summed E-state index contributed by atoms with van der Waals surface area (Å²) in [6, 6.07) is 17.5. The SMILES string of the molecule is O=S(=O)(NCc1ccccc1)c1cc2c(cc1C(F)(F)F)NC(C(Cl)Cl)N(Cc1ccccc1)S2(=O)=O. The van der Waals surface area contributed by atoms with Gasteiger partial charge in [0, 0.05) is 13.1 Å². The monoisotopic (exact) mass is 593 g/mol. The Balaban J connectivity index is 1.83. The van der Waals surface area contributed by atoms with Gasteiger partial charge < -0.3 is 5.32 Å². The summed E-state index contributed by atoms with van der Waals surface area (Å²) in [6.07, 6.45) is -6.43. The van der Waals surface area contributed by atoms with E-state index in [2.05, 4.69) is 10.0 Å². The molecule has 0 saturated heterocycles. The van der Waals surface area contributed by atoms with Gasteiger partial charge >= 0.3 is 6.18 Å². The maximum atomic E-state index is 14.0. The number of rotatable bonds is 7. The number of alkyl halides is 5. The van der Waals surface area contributed by atoms with Crippen LogP contribution < -0.4 is 10.0 Å². The van der Waals surface area contributed by atoms with Crippen LogP contribution in [-0.4, -0.2) is 32.1 Å². The molecule has 2 N–H and O–H groups in total. The predicted molar refractivity (Wildman–Crippen MR) is 134 cm³/mol. The highest BCUT2D eigenvalue weighted by Crippen LogP contribution is 2.43. The predicted octanol–water partition coefficient (Wildman–Crippen LogP) is 4.93. The number of hydrogen-bond donors (Lipinski definition) is 2. The lowest BCUT2D eigenvalue weighted by molar-refractivity contribution is -0.139. The minimum absolute atomic E-state index is 0.217. The average molecular weight is 594 g/mol. The van der Waals surface area contributed by atoms with Crippen LogP contribution in [0.5, 0.6) is 0 Å². The van der Waals surface area contributed by atoms with E-state index >= 15 is 0 Å². The van der Waals surface area contributed by atoms with Crippen LogP contribution in [0.2, 0.25) is 0 Å². The Labute approximate surface area is 222 Å². The van der Waals surface area contributed by atoms with E-state index in [9.17, 15) is 30.0 Å². The molecule has 1 heterocycles. The molecule has 0 amide bonds. The number of fused-ring (bicyclic) bond motifs is 1. The molecule has 0 aliphatic carbocycles. The zero-order valence-electron chi connectivity index (χ0n) is 18.8. The molecule has 0 fully saturated rings. The molecule has 198 valence electrons. The first-order chi connectivity index (χ1) is 17.3. The highest BCUT2D eigenvalue weighted by Gasteiger charge is 2.45. The Morgan fingerprint density at radius 3 is 2.08 bits per heavy atom. The van der Waals surface area contributed by atoms with Gasteiger partial charge in [0.15, 0.2) is 0 Å². The van der Waals surface area contributed by atoms with E-state index in [1.165, 1.54) is 0 Å². The quantitative estimate of drug-likeness (QED) is 0.379. The van der Waals surface area contributed by atoms with Crippen LogP contribution in [0.3, 0.4) is 0 Å². The van der Waals surface area contributed by atoms with Crippen LogP contribution in [0.15, 0.2) is 82.6 Å². The molecule has 3 aromatic rings. The minimum atomic E-state index is -5.12. The third kappa shape index (κ3) is 5.89. The van der Waals surface area contributed by atoms with Crippen LogP contribution >= 0.6 is 23.2 Å². The van der Waals surface area contributed by atoms with Gasteiger partial charge in [-0.3, -0.25) is 0 Å². The molecule has 37 heavy (non-hydrogen) atoms. The number of nitrogens with zero attached hydrogens (tertiary/aromatic N) is 1. The summed E-state index contributed by atoms with van der Waals surface area (Å²) in [7, 11) is -9.34. The Bertz CT molecular complexity index is 1490. The van der Waals surface area contributed by atoms with E-state index in [0.717, 1.165) is 4.31 Å². The van der Waals surface area contributed by atoms with E-state index in [-0.39, 0.29) is 13.1 Å². The Hall–Kier alpha value is -2.35. The van der Waals surface area contributed by atoms with Crippen LogP contribution in [0.1, 0.15) is 16.7 Å². The topological polar surface area (TPSA) is 95.6 Å². The fourth-order valence-corrected chi connectivity index (χ4v) is 7.39. The van der Waals surface area contributed by atoms with Crippen LogP contribution in [-0.2, 0) is 39.3 Å². The molecule has 3 aromatic carbocycles. The van der Waals surface area contributed by atoms with Crippen molar-refractivity contribution in [2.75, 3.05) is 5.32 Å². The van der Waals surface area contributed by atoms with Crippen LogP contribution in [0, 0.1) is 0 Å². The Morgan fingerprint density at radius 2 is 1.54 bits per heavy atom. The lowest BCUT2D eigenvalue weighted by atomic mass is 10.1. The van der Waals surface area contributed by atoms with Crippen molar-refractivity contribution < 1.29 is 30.0 Å². The van der Waals surface area contributed by atoms with E-state index in [1.54, 1.807) is 60.7 Å². The molecule has 0 bridgehead atoms. The van der Waals surface area contributed by atoms with Crippen molar-refractivity contribution in [3.05, 3.63) is 89.5 Å². The van der Waals surface area contributed by atoms with Gasteiger partial charge in [-0.05, 0) is 23.3 Å². The molecule has 14 heteroatoms. The van der Waals surface area contributed by atoms with Gasteiger partial charge in [-0.1, -0.05) is 60.7 Å². The molecule has 0 aromatic heterocycles. The first-order valence-electron chi connectivity index (χ1n) is 10.7. The number of hydrogen-bond acceptors (Lipinski definition) is 5. The number of benzene rings is 3. The molecule has 1 aliphatic rings. The summed E-state index contributed by atoms with van der Waals surface area (Å²) in [4.78, 5) is -3.23. The van der Waals surface area contributed by atoms with Crippen molar-refractivity contribution in [1.29, 1.82) is 0 Å². The maximum Gasteiger partial charge on any atom is 0.417 e. The van der Waals surface area contributed by atoms with Gasteiger partial charge in [0.2, 0.25) is 20.0 Å². The molecule has 0 radical (unpaired) electrons. The summed E-state index contributed by atoms with van der Waals surface area (Å²) >= 11 is 12.0. The van der Waals surface area contributed by atoms with Crippen LogP contribution in [0.4, 0.5) is 18.9 Å². The standard InChI is InChI=1S/C23H20Cl2F3N3O4S2/c24-21(25)22-30-18-11-17(23(26,27)28)19(36(32,33)29-13-15-7-3-1-4-8-15)12-20(18)37(34,35)31(22)14-16-9-5-2-6-10-16/h1-12,21-22,29-30H,13-14H2. The molecule has 0 saturated carbocycles. The van der Waals surface area contributed by atoms with E-state index in [0.29, 0.717) is 23.3 Å². The largest absolute Gasteiger partial charge is 0.417 e. The number of anilines is 1. The van der Waals surface area contributed by atoms with Gasteiger partial charge in [0.25, 0.3) is 0 Å². The van der Waals surface area contributed by atoms with Gasteiger partial charge in [0.1, 0.15) is 15.9 Å². The average Bonchev–Trinajstić information content (AvgIpc) is 2.84. The first-order valence-corrected chi connectivity index (χ1v) is 14.5. The molecule has 0 spiro atoms. The van der Waals surface area contributed by atoms with E-state index in [4.69, 9.17) is 23.2 Å². The van der Waals surface area contributed by atoms with E-state index in [1.807, 2.05) is 0 Å². The number of sulfonamides is 2. The summed E-state index contributed by atoms with van der Waals surface area (Å²) in [5, 5.41) is 2.64. The van der Waals surface area contributed by atoms with Gasteiger partial charge in [-0.25, -0.2) is 21.6 Å². The normalized spacial score (nSPS) is 17.8. The second-order valence-electron chi connectivity index (χ2n) is 8.11. The lowest BCUT2D eigenvalue weighted by Crippen LogP contribution is -2.51. The van der Waals surface area contributed by atoms with Crippen LogP contribution in [0.25, 0.3) is 0 Å². The summed E-state index contributed by atoms with van der Waals surface area (Å²) < 4.78 is 98.3. The Kier molecular flexibility index (Phi) is 7.80. The van der Waals surface area contributed by atoms with Crippen molar-refractivity contribution in [2.24, 2.45) is 0 Å². The minimum Gasteiger partial charge on any atom is -0.365 e. The van der Waals surface area contributed by atoms with Crippen molar-refractivity contribution in [2.45, 2.75) is 40.1 Å². The van der Waals surface area contributed by atoms with Crippen molar-refractivity contribution >= 4 is 48.9 Å². The third-order valence-electron chi connectivity index (χ3n) is 5.61. The lowest BCUT2D eigenvalue weighted by Gasteiger charge is -2.38. The number of halogens is 5. The maximum absolute atomic E-state index is 14.0. The fourth-order valence-electron chi connectivity index (χ4n) is 3.83. The highest BCUT2D eigenvalue weighted by molar-refractivity contribution is 7.90. The second kappa shape index (κ2) is 10.4. The zero-order chi connectivity index (χ0) is 27.0.